The molecule has 6 heteroatoms. The number of amides is 1. The molecule has 122 valence electrons. The number of fused-ring (bicyclic) bond motifs is 1. The molecule has 0 bridgehead atoms. The summed E-state index contributed by atoms with van der Waals surface area (Å²) in [6, 6.07) is 15.3. The van der Waals surface area contributed by atoms with Crippen molar-refractivity contribution in [3.8, 4) is 17.0 Å². The zero-order valence-corrected chi connectivity index (χ0v) is 13.0. The number of carbonyl (C=O) groups excluding carboxylic acids is 1. The first-order valence-electron chi connectivity index (χ1n) is 7.48. The van der Waals surface area contributed by atoms with Gasteiger partial charge in [0.2, 0.25) is 0 Å². The van der Waals surface area contributed by atoms with Crippen molar-refractivity contribution >= 4 is 16.9 Å². The molecular weight excluding hydrogens is 308 g/mol. The third-order valence-corrected chi connectivity index (χ3v) is 3.57. The minimum absolute atomic E-state index is 0.117. The number of nitrogens with one attached hydrogen (secondary N) is 1. The Balaban J connectivity index is 2.23. The number of aromatic hydroxyl groups is 1. The second-order valence-electron chi connectivity index (χ2n) is 5.14. The van der Waals surface area contributed by atoms with Crippen LogP contribution in [0.25, 0.3) is 22.0 Å². The van der Waals surface area contributed by atoms with Crippen LogP contribution in [0.3, 0.4) is 0 Å². The number of benzene rings is 2. The van der Waals surface area contributed by atoms with Crippen LogP contribution in [0.1, 0.15) is 6.92 Å². The fraction of sp³-hybridized carbons (Fsp3) is 0.111. The fourth-order valence-electron chi connectivity index (χ4n) is 2.47. The molecule has 0 aliphatic carbocycles. The third-order valence-electron chi connectivity index (χ3n) is 3.57. The van der Waals surface area contributed by atoms with E-state index in [0.717, 1.165) is 10.1 Å². The van der Waals surface area contributed by atoms with E-state index in [-0.39, 0.29) is 17.9 Å². The van der Waals surface area contributed by atoms with Gasteiger partial charge in [-0.15, -0.1) is 0 Å². The maximum Gasteiger partial charge on any atom is 0.426 e. The Bertz CT molecular complexity index is 945. The molecule has 0 aliphatic heterocycles. The molecule has 3 rings (SSSR count). The molecule has 1 heterocycles. The fourth-order valence-corrected chi connectivity index (χ4v) is 2.47. The Kier molecular flexibility index (Phi) is 4.20. The maximum absolute atomic E-state index is 12.8. The van der Waals surface area contributed by atoms with Gasteiger partial charge >= 0.3 is 6.09 Å². The highest BCUT2D eigenvalue weighted by molar-refractivity contribution is 5.87. The van der Waals surface area contributed by atoms with Gasteiger partial charge in [-0.05, 0) is 48.7 Å². The number of carbonyl (C=O) groups is 1. The Morgan fingerprint density at radius 2 is 1.88 bits per heavy atom. The highest BCUT2D eigenvalue weighted by Gasteiger charge is 2.13. The van der Waals surface area contributed by atoms with Crippen molar-refractivity contribution in [3.63, 3.8) is 0 Å². The molecule has 2 aromatic carbocycles. The van der Waals surface area contributed by atoms with Gasteiger partial charge in [0.05, 0.1) is 12.3 Å². The van der Waals surface area contributed by atoms with E-state index < -0.39 is 6.09 Å². The van der Waals surface area contributed by atoms with Crippen molar-refractivity contribution in [2.24, 2.45) is 0 Å². The molecule has 2 N–H and O–H groups in total. The molecule has 24 heavy (non-hydrogen) atoms. The zero-order chi connectivity index (χ0) is 17.1. The van der Waals surface area contributed by atoms with E-state index in [1.54, 1.807) is 37.3 Å². The molecule has 0 radical (unpaired) electrons. The van der Waals surface area contributed by atoms with E-state index in [9.17, 15) is 14.7 Å². The number of nitrogens with zero attached hydrogens (tertiary/aromatic N) is 1. The zero-order valence-electron chi connectivity index (χ0n) is 13.0. The molecule has 0 fully saturated rings. The quantitative estimate of drug-likeness (QED) is 0.776. The van der Waals surface area contributed by atoms with Gasteiger partial charge in [0.1, 0.15) is 5.75 Å². The molecule has 1 aromatic heterocycles. The normalized spacial score (nSPS) is 10.5. The number of rotatable bonds is 3. The van der Waals surface area contributed by atoms with Gasteiger partial charge in [0, 0.05) is 10.9 Å². The predicted molar refractivity (Wildman–Crippen MR) is 91.7 cm³/mol. The lowest BCUT2D eigenvalue weighted by Gasteiger charge is -2.15. The van der Waals surface area contributed by atoms with Gasteiger partial charge < -0.3 is 9.84 Å². The summed E-state index contributed by atoms with van der Waals surface area (Å²) in [4.78, 5) is 24.6. The summed E-state index contributed by atoms with van der Waals surface area (Å²) in [5.74, 6) is 0.117. The van der Waals surface area contributed by atoms with E-state index in [0.29, 0.717) is 16.6 Å². The van der Waals surface area contributed by atoms with Crippen LogP contribution in [0.15, 0.2) is 59.4 Å². The Morgan fingerprint density at radius 3 is 2.58 bits per heavy atom. The molecule has 0 unspecified atom stereocenters. The molecule has 0 saturated carbocycles. The predicted octanol–water partition coefficient (Wildman–Crippen LogP) is 3.07. The van der Waals surface area contributed by atoms with Crippen molar-refractivity contribution in [2.75, 3.05) is 12.0 Å². The highest BCUT2D eigenvalue weighted by Crippen LogP contribution is 2.23. The summed E-state index contributed by atoms with van der Waals surface area (Å²) < 4.78 is 6.03. The second-order valence-corrected chi connectivity index (χ2v) is 5.14. The van der Waals surface area contributed by atoms with Crippen LogP contribution in [0.4, 0.5) is 4.79 Å². The van der Waals surface area contributed by atoms with E-state index in [2.05, 4.69) is 5.43 Å². The number of pyridine rings is 1. The van der Waals surface area contributed by atoms with Crippen molar-refractivity contribution in [1.82, 2.24) is 4.68 Å². The number of hydrogen-bond acceptors (Lipinski definition) is 4. The summed E-state index contributed by atoms with van der Waals surface area (Å²) in [6.45, 7) is 1.88. The van der Waals surface area contributed by atoms with Gasteiger partial charge in [-0.1, -0.05) is 18.2 Å². The van der Waals surface area contributed by atoms with E-state index >= 15 is 0 Å². The molecular formula is C18H16N2O4. The van der Waals surface area contributed by atoms with Crippen LogP contribution < -0.4 is 11.0 Å². The summed E-state index contributed by atoms with van der Waals surface area (Å²) >= 11 is 0. The second kappa shape index (κ2) is 6.45. The molecule has 0 atom stereocenters. The van der Waals surface area contributed by atoms with Gasteiger partial charge in [0.25, 0.3) is 5.56 Å². The first kappa shape index (κ1) is 15.6. The topological polar surface area (TPSA) is 80.6 Å². The number of phenols is 1. The van der Waals surface area contributed by atoms with Crippen LogP contribution >= 0.6 is 0 Å². The van der Waals surface area contributed by atoms with E-state index in [1.165, 1.54) is 12.1 Å². The number of aromatic nitrogens is 1. The number of ether oxygens (including phenoxy) is 1. The van der Waals surface area contributed by atoms with Gasteiger partial charge in [-0.2, -0.15) is 0 Å². The summed E-state index contributed by atoms with van der Waals surface area (Å²) in [5.41, 5.74) is 3.27. The van der Waals surface area contributed by atoms with Crippen LogP contribution in [-0.2, 0) is 4.74 Å². The number of phenolic OH excluding ortho intramolecular Hbond substituents is 1. The van der Waals surface area contributed by atoms with Crippen molar-refractivity contribution in [2.45, 2.75) is 6.92 Å². The van der Waals surface area contributed by atoms with E-state index in [4.69, 9.17) is 4.74 Å². The van der Waals surface area contributed by atoms with Gasteiger partial charge in [0.15, 0.2) is 0 Å². The van der Waals surface area contributed by atoms with Crippen LogP contribution in [0, 0.1) is 0 Å². The largest absolute Gasteiger partial charge is 0.508 e. The minimum Gasteiger partial charge on any atom is -0.508 e. The van der Waals surface area contributed by atoms with Crippen molar-refractivity contribution in [1.29, 1.82) is 0 Å². The summed E-state index contributed by atoms with van der Waals surface area (Å²) in [5, 5.41) is 10.7. The first-order valence-corrected chi connectivity index (χ1v) is 7.48. The van der Waals surface area contributed by atoms with Crippen molar-refractivity contribution in [3.05, 3.63) is 65.0 Å². The van der Waals surface area contributed by atoms with E-state index in [1.807, 2.05) is 12.1 Å². The molecule has 0 saturated heterocycles. The molecule has 3 aromatic rings. The van der Waals surface area contributed by atoms with Crippen LogP contribution in [0.2, 0.25) is 0 Å². The smallest absolute Gasteiger partial charge is 0.426 e. The Labute approximate surface area is 137 Å². The van der Waals surface area contributed by atoms with Crippen LogP contribution in [-0.4, -0.2) is 22.5 Å². The Morgan fingerprint density at radius 1 is 1.17 bits per heavy atom. The summed E-state index contributed by atoms with van der Waals surface area (Å²) in [7, 11) is 0. The molecule has 1 amide bonds. The Hall–Kier alpha value is -3.28. The minimum atomic E-state index is -0.713. The lowest BCUT2D eigenvalue weighted by Crippen LogP contribution is -2.34. The van der Waals surface area contributed by atoms with Gasteiger partial charge in [-0.25, -0.2) is 14.9 Å². The summed E-state index contributed by atoms with van der Waals surface area (Å²) in [6.07, 6.45) is -0.713. The average molecular weight is 324 g/mol. The highest BCUT2D eigenvalue weighted by atomic mass is 16.6. The third kappa shape index (κ3) is 2.94. The lowest BCUT2D eigenvalue weighted by molar-refractivity contribution is 0.164. The first-order chi connectivity index (χ1) is 11.6. The van der Waals surface area contributed by atoms with Gasteiger partial charge in [-0.3, -0.25) is 4.79 Å². The monoisotopic (exact) mass is 324 g/mol. The molecule has 0 aliphatic rings. The average Bonchev–Trinajstić information content (AvgIpc) is 2.58. The van der Waals surface area contributed by atoms with Crippen LogP contribution in [0.5, 0.6) is 5.75 Å². The lowest BCUT2D eigenvalue weighted by atomic mass is 10.1. The standard InChI is InChI=1S/C18H16N2O4/c1-2-24-18(23)19-20-16(12-7-9-14(21)10-8-12)11-13-5-3-4-6-15(13)17(20)22/h3-11,21H,2H2,1H3,(H,19,23). The maximum atomic E-state index is 12.8. The molecule has 6 nitrogen and oxygen atoms in total. The molecule has 0 spiro atoms. The SMILES string of the molecule is CCOC(=O)Nn1c(-c2ccc(O)cc2)cc2ccccc2c1=O. The van der Waals surface area contributed by atoms with Crippen molar-refractivity contribution < 1.29 is 14.6 Å². The number of hydrogen-bond donors (Lipinski definition) is 2.